The van der Waals surface area contributed by atoms with Crippen LogP contribution in [0.3, 0.4) is 0 Å². The van der Waals surface area contributed by atoms with Crippen molar-refractivity contribution >= 4 is 118 Å². The molecule has 0 heterocycles. The molecule has 0 aliphatic carbocycles. The Labute approximate surface area is 568 Å². The molecular weight excluding hydrogens is 1180 g/mol. The molecule has 15 aromatic rings. The van der Waals surface area contributed by atoms with Crippen molar-refractivity contribution in [3.8, 4) is 12.1 Å². The summed E-state index contributed by atoms with van der Waals surface area (Å²) in [7, 11) is 6.16. The lowest BCUT2D eigenvalue weighted by atomic mass is 10.1. The van der Waals surface area contributed by atoms with Gasteiger partial charge in [0.05, 0.1) is 34.6 Å². The summed E-state index contributed by atoms with van der Waals surface area (Å²) in [4.78, 5) is 13.3. The average Bonchev–Trinajstić information content (AvgIpc) is 0.828. The van der Waals surface area contributed by atoms with Crippen LogP contribution in [-0.4, -0.2) is 21.1 Å². The smallest absolute Gasteiger partial charge is 0.0992 e. The number of hydrogen-bond donors (Lipinski definition) is 0. The predicted molar refractivity (Wildman–Crippen MR) is 409 cm³/mol. The van der Waals surface area contributed by atoms with E-state index in [4.69, 9.17) is 5.26 Å². The van der Waals surface area contributed by atoms with E-state index in [1.54, 1.807) is 0 Å². The molecule has 0 N–H and O–H groups in total. The quantitative estimate of drug-likeness (QED) is 0.101. The lowest BCUT2D eigenvalue weighted by Crippen LogP contribution is -2.12. The zero-order chi connectivity index (χ0) is 66.3. The summed E-state index contributed by atoms with van der Waals surface area (Å²) in [6.45, 7) is 0. The van der Waals surface area contributed by atoms with E-state index >= 15 is 0 Å². The van der Waals surface area contributed by atoms with E-state index in [0.29, 0.717) is 11.1 Å². The zero-order valence-corrected chi connectivity index (χ0v) is 54.3. The van der Waals surface area contributed by atoms with Crippen LogP contribution in [-0.2, 0) is 0 Å². The highest BCUT2D eigenvalue weighted by atomic mass is 15.2. The van der Waals surface area contributed by atoms with Crippen molar-refractivity contribution in [2.45, 2.75) is 0 Å². The first-order valence-corrected chi connectivity index (χ1v) is 32.4. The molecule has 0 bridgehead atoms. The summed E-state index contributed by atoms with van der Waals surface area (Å²) in [6.07, 6.45) is 0. The summed E-state index contributed by atoms with van der Waals surface area (Å²) >= 11 is 0. The van der Waals surface area contributed by atoms with E-state index in [9.17, 15) is 5.26 Å². The maximum absolute atomic E-state index is 9.23. The second kappa shape index (κ2) is 29.6. The van der Waals surface area contributed by atoms with E-state index in [-0.39, 0.29) is 0 Å². The molecule has 0 fully saturated rings. The molecule has 0 saturated heterocycles. The first kappa shape index (κ1) is 62.7. The fourth-order valence-corrected chi connectivity index (χ4v) is 12.3. The first-order valence-electron chi connectivity index (χ1n) is 32.4. The Morgan fingerprint density at radius 1 is 0.196 bits per heavy atom. The number of rotatable bonds is 15. The number of fused-ring (bicyclic) bond motifs is 3. The van der Waals surface area contributed by atoms with Crippen molar-refractivity contribution in [2.24, 2.45) is 0 Å². The third-order valence-corrected chi connectivity index (χ3v) is 17.4. The van der Waals surface area contributed by atoms with Crippen molar-refractivity contribution in [1.82, 2.24) is 0 Å². The van der Waals surface area contributed by atoms with Crippen molar-refractivity contribution in [1.29, 1.82) is 10.5 Å². The van der Waals surface area contributed by atoms with Gasteiger partial charge < -0.3 is 29.4 Å². The minimum Gasteiger partial charge on any atom is -0.345 e. The molecule has 97 heavy (non-hydrogen) atoms. The van der Waals surface area contributed by atoms with E-state index in [0.717, 1.165) is 79.6 Å². The lowest BCUT2D eigenvalue weighted by Gasteiger charge is -2.27. The van der Waals surface area contributed by atoms with Gasteiger partial charge in [0.15, 0.2) is 0 Å². The molecule has 0 aliphatic rings. The van der Waals surface area contributed by atoms with Gasteiger partial charge in [-0.05, 0) is 210 Å². The van der Waals surface area contributed by atoms with E-state index in [1.807, 2.05) is 80.8 Å². The van der Waals surface area contributed by atoms with Gasteiger partial charge in [0.2, 0.25) is 0 Å². The molecule has 0 unspecified atom stereocenters. The molecule has 0 radical (unpaired) electrons. The standard InChI is InChI=1S/2C30H23N3.C29H24N2/c1-32(28-14-7-9-23(21-28)22-31)25-17-19-27(20-18-25)33(26-12-3-2-4-13-26)30-16-8-11-24-10-5-6-15-29(24)30;1-32(25-16-14-23(22-31)15-17-25)26-18-20-28(21-19-26)33(27-10-3-2-4-11-27)30-13-7-9-24-8-5-6-12-29(24)30;1-30(25-12-4-2-5-13-25)26-18-20-28(21-19-26)31(27-14-6-3-7-15-27)29-17-16-23-10-8-9-11-24(23)22-29/h2*2-21H,1H3;2-22H,1H3. The summed E-state index contributed by atoms with van der Waals surface area (Å²) in [6, 6.07) is 132. The number of para-hydroxylation sites is 4. The number of anilines is 15. The normalized spacial score (nSPS) is 10.6. The molecule has 15 rings (SSSR count). The number of hydrogen-bond acceptors (Lipinski definition) is 8. The van der Waals surface area contributed by atoms with Gasteiger partial charge in [-0.1, -0.05) is 182 Å². The fraction of sp³-hybridized carbons (Fsp3) is 0.0337. The van der Waals surface area contributed by atoms with Gasteiger partial charge in [-0.15, -0.1) is 0 Å². The monoisotopic (exact) mass is 1250 g/mol. The van der Waals surface area contributed by atoms with Crippen LogP contribution in [0.15, 0.2) is 370 Å². The third-order valence-electron chi connectivity index (χ3n) is 17.4. The molecule has 8 nitrogen and oxygen atoms in total. The van der Waals surface area contributed by atoms with E-state index in [1.165, 1.54) is 38.0 Å². The van der Waals surface area contributed by atoms with Crippen molar-refractivity contribution < 1.29 is 0 Å². The summed E-state index contributed by atoms with van der Waals surface area (Å²) < 4.78 is 0. The maximum atomic E-state index is 9.23. The Morgan fingerprint density at radius 3 is 0.928 bits per heavy atom. The summed E-state index contributed by atoms with van der Waals surface area (Å²) in [5, 5.41) is 25.6. The molecule has 15 aromatic carbocycles. The van der Waals surface area contributed by atoms with E-state index in [2.05, 4.69) is 352 Å². The molecule has 0 atom stereocenters. The Hall–Kier alpha value is -13.1. The van der Waals surface area contributed by atoms with Crippen molar-refractivity contribution in [3.63, 3.8) is 0 Å². The minimum atomic E-state index is 0.655. The van der Waals surface area contributed by atoms with Crippen LogP contribution in [0.1, 0.15) is 11.1 Å². The highest BCUT2D eigenvalue weighted by Gasteiger charge is 2.19. The van der Waals surface area contributed by atoms with Gasteiger partial charge in [-0.2, -0.15) is 10.5 Å². The second-order valence-electron chi connectivity index (χ2n) is 23.4. The highest BCUT2D eigenvalue weighted by molar-refractivity contribution is 6.00. The van der Waals surface area contributed by atoms with Gasteiger partial charge in [0.25, 0.3) is 0 Å². The highest BCUT2D eigenvalue weighted by Crippen LogP contribution is 2.43. The molecule has 0 aliphatic heterocycles. The average molecular weight is 1250 g/mol. The second-order valence-corrected chi connectivity index (χ2v) is 23.4. The number of nitriles is 2. The Balaban J connectivity index is 0.000000131. The lowest BCUT2D eigenvalue weighted by molar-refractivity contribution is 1.20. The summed E-state index contributed by atoms with van der Waals surface area (Å²) in [5.74, 6) is 0. The first-order chi connectivity index (χ1) is 47.8. The van der Waals surface area contributed by atoms with Crippen LogP contribution >= 0.6 is 0 Å². The number of nitrogens with zero attached hydrogens (tertiary/aromatic N) is 8. The van der Waals surface area contributed by atoms with Crippen molar-refractivity contribution in [2.75, 3.05) is 50.5 Å². The Morgan fingerprint density at radius 2 is 0.485 bits per heavy atom. The van der Waals surface area contributed by atoms with Crippen molar-refractivity contribution in [3.05, 3.63) is 381 Å². The third kappa shape index (κ3) is 14.3. The topological polar surface area (TPSA) is 67.0 Å². The summed E-state index contributed by atoms with van der Waals surface area (Å²) in [5.41, 5.74) is 17.9. The number of benzene rings is 15. The molecule has 0 amide bonds. The molecule has 0 aromatic heterocycles. The van der Waals surface area contributed by atoms with Crippen LogP contribution in [0, 0.1) is 22.7 Å². The van der Waals surface area contributed by atoms with E-state index < -0.39 is 0 Å². The predicted octanol–water partition coefficient (Wildman–Crippen LogP) is 24.0. The van der Waals surface area contributed by atoms with Gasteiger partial charge >= 0.3 is 0 Å². The van der Waals surface area contributed by atoms with Crippen LogP contribution in [0.5, 0.6) is 0 Å². The minimum absolute atomic E-state index is 0.655. The van der Waals surface area contributed by atoms with Gasteiger partial charge in [-0.3, -0.25) is 0 Å². The molecule has 8 heteroatoms. The van der Waals surface area contributed by atoms with Gasteiger partial charge in [0.1, 0.15) is 0 Å². The molecule has 0 saturated carbocycles. The van der Waals surface area contributed by atoms with Gasteiger partial charge in [-0.25, -0.2) is 0 Å². The van der Waals surface area contributed by atoms with Crippen LogP contribution in [0.2, 0.25) is 0 Å². The Bertz CT molecular complexity index is 5160. The molecular formula is C89H70N8. The van der Waals surface area contributed by atoms with Crippen LogP contribution in [0.4, 0.5) is 85.3 Å². The largest absolute Gasteiger partial charge is 0.345 e. The van der Waals surface area contributed by atoms with Crippen LogP contribution < -0.4 is 29.4 Å². The SMILES string of the molecule is CN(c1ccc(C#N)cc1)c1ccc(N(c2ccccc2)c2cccc3ccccc23)cc1.CN(c1ccc(N(c2ccccc2)c2cccc3ccccc23)cc1)c1cccc(C#N)c1.CN(c1ccccc1)c1ccc(N(c2ccccc2)c2ccc3ccccc3c2)cc1. The Kier molecular flexibility index (Phi) is 19.1. The van der Waals surface area contributed by atoms with Gasteiger partial charge in [0, 0.05) is 106 Å². The van der Waals surface area contributed by atoms with Crippen LogP contribution in [0.25, 0.3) is 32.3 Å². The fourth-order valence-electron chi connectivity index (χ4n) is 12.3. The molecule has 0 spiro atoms. The zero-order valence-electron chi connectivity index (χ0n) is 54.3. The maximum Gasteiger partial charge on any atom is 0.0992 e. The molecule has 466 valence electrons.